The molecule has 0 saturated carbocycles. The van der Waals surface area contributed by atoms with Crippen molar-refractivity contribution in [1.82, 2.24) is 9.47 Å². The second-order valence-corrected chi connectivity index (χ2v) is 6.13. The number of halogens is 1. The Labute approximate surface area is 120 Å². The van der Waals surface area contributed by atoms with Crippen molar-refractivity contribution < 1.29 is 14.7 Å². The second kappa shape index (κ2) is 5.36. The molecule has 2 rings (SSSR count). The van der Waals surface area contributed by atoms with E-state index in [-0.39, 0.29) is 24.3 Å². The number of amides is 1. The van der Waals surface area contributed by atoms with Gasteiger partial charge in [-0.15, -0.1) is 0 Å². The Morgan fingerprint density at radius 2 is 2.11 bits per heavy atom. The molecule has 19 heavy (non-hydrogen) atoms. The molecular weight excluding hydrogens is 312 g/mol. The van der Waals surface area contributed by atoms with Gasteiger partial charge < -0.3 is 14.6 Å². The molecule has 0 bridgehead atoms. The molecule has 0 spiro atoms. The van der Waals surface area contributed by atoms with Gasteiger partial charge in [-0.25, -0.2) is 0 Å². The highest BCUT2D eigenvalue weighted by atomic mass is 79.9. The molecule has 104 valence electrons. The first kappa shape index (κ1) is 14.1. The van der Waals surface area contributed by atoms with E-state index in [4.69, 9.17) is 5.11 Å². The van der Waals surface area contributed by atoms with E-state index >= 15 is 0 Å². The maximum Gasteiger partial charge on any atom is 0.303 e. The molecule has 2 heterocycles. The number of carboxylic acid groups (broad SMARTS) is 1. The molecule has 0 unspecified atom stereocenters. The van der Waals surface area contributed by atoms with Crippen molar-refractivity contribution >= 4 is 27.8 Å². The highest BCUT2D eigenvalue weighted by Crippen LogP contribution is 2.25. The summed E-state index contributed by atoms with van der Waals surface area (Å²) in [5, 5.41) is 8.70. The summed E-state index contributed by atoms with van der Waals surface area (Å²) >= 11 is 3.38. The molecule has 5 nitrogen and oxygen atoms in total. The number of nitrogens with zero attached hydrogens (tertiary/aromatic N) is 2. The molecule has 0 aromatic carbocycles. The summed E-state index contributed by atoms with van der Waals surface area (Å²) in [6.45, 7) is 5.11. The lowest BCUT2D eigenvalue weighted by atomic mass is 9.96. The summed E-state index contributed by atoms with van der Waals surface area (Å²) < 4.78 is 2.81. The molecule has 1 saturated heterocycles. The lowest BCUT2D eigenvalue weighted by molar-refractivity contribution is -0.139. The summed E-state index contributed by atoms with van der Waals surface area (Å²) in [7, 11) is 0. The van der Waals surface area contributed by atoms with Crippen LogP contribution in [-0.2, 0) is 4.79 Å². The fraction of sp³-hybridized carbons (Fsp3) is 0.538. The molecule has 1 aromatic heterocycles. The van der Waals surface area contributed by atoms with Crippen LogP contribution in [0.3, 0.4) is 0 Å². The highest BCUT2D eigenvalue weighted by molar-refractivity contribution is 9.10. The van der Waals surface area contributed by atoms with E-state index in [0.29, 0.717) is 18.8 Å². The standard InChI is InChI=1S/C13H17BrN2O3/c1-8(2)16-7-10(14)4-11(16)13(19)15-5-9(6-15)3-12(17)18/h4,7-9H,3,5-6H2,1-2H3,(H,17,18). The van der Waals surface area contributed by atoms with Gasteiger partial charge in [0.1, 0.15) is 5.69 Å². The summed E-state index contributed by atoms with van der Waals surface area (Å²) in [6.07, 6.45) is 2.03. The van der Waals surface area contributed by atoms with Crippen LogP contribution < -0.4 is 0 Å². The van der Waals surface area contributed by atoms with Crippen LogP contribution in [0.25, 0.3) is 0 Å². The minimum atomic E-state index is -0.801. The van der Waals surface area contributed by atoms with Crippen LogP contribution in [0, 0.1) is 5.92 Å². The first-order valence-electron chi connectivity index (χ1n) is 6.27. The fourth-order valence-electron chi connectivity index (χ4n) is 2.32. The summed E-state index contributed by atoms with van der Waals surface area (Å²) in [5.74, 6) is -0.737. The first-order valence-corrected chi connectivity index (χ1v) is 7.06. The average Bonchev–Trinajstić information content (AvgIpc) is 2.64. The average molecular weight is 329 g/mol. The lowest BCUT2D eigenvalue weighted by Gasteiger charge is -2.38. The smallest absolute Gasteiger partial charge is 0.303 e. The lowest BCUT2D eigenvalue weighted by Crippen LogP contribution is -2.51. The van der Waals surface area contributed by atoms with Gasteiger partial charge in [0.2, 0.25) is 0 Å². The zero-order chi connectivity index (χ0) is 14.2. The number of carbonyl (C=O) groups is 2. The van der Waals surface area contributed by atoms with Crippen molar-refractivity contribution in [2.75, 3.05) is 13.1 Å². The van der Waals surface area contributed by atoms with Crippen molar-refractivity contribution in [3.8, 4) is 0 Å². The number of hydrogen-bond acceptors (Lipinski definition) is 2. The SMILES string of the molecule is CC(C)n1cc(Br)cc1C(=O)N1CC(CC(=O)O)C1. The molecule has 0 aliphatic carbocycles. The molecule has 1 aliphatic rings. The number of aromatic nitrogens is 1. The Hall–Kier alpha value is -1.30. The van der Waals surface area contributed by atoms with E-state index in [1.165, 1.54) is 0 Å². The molecular formula is C13H17BrN2O3. The van der Waals surface area contributed by atoms with Crippen LogP contribution in [0.1, 0.15) is 36.8 Å². The number of aliphatic carboxylic acids is 1. The Morgan fingerprint density at radius 1 is 1.47 bits per heavy atom. The third kappa shape index (κ3) is 3.00. The van der Waals surface area contributed by atoms with Crippen LogP contribution in [0.5, 0.6) is 0 Å². The molecule has 1 aliphatic heterocycles. The summed E-state index contributed by atoms with van der Waals surface area (Å²) in [5.41, 5.74) is 0.649. The third-order valence-electron chi connectivity index (χ3n) is 3.30. The van der Waals surface area contributed by atoms with Crippen LogP contribution in [0.4, 0.5) is 0 Å². The minimum absolute atomic E-state index is 0.0268. The summed E-state index contributed by atoms with van der Waals surface area (Å²) in [6, 6.07) is 2.02. The van der Waals surface area contributed by atoms with E-state index in [0.717, 1.165) is 4.47 Å². The number of carboxylic acids is 1. The zero-order valence-electron chi connectivity index (χ0n) is 11.0. The Morgan fingerprint density at radius 3 is 2.63 bits per heavy atom. The topological polar surface area (TPSA) is 62.5 Å². The maximum absolute atomic E-state index is 12.3. The molecule has 6 heteroatoms. The largest absolute Gasteiger partial charge is 0.481 e. The third-order valence-corrected chi connectivity index (χ3v) is 3.73. The maximum atomic E-state index is 12.3. The second-order valence-electron chi connectivity index (χ2n) is 5.22. The van der Waals surface area contributed by atoms with E-state index in [1.807, 2.05) is 30.7 Å². The Bertz CT molecular complexity index is 504. The normalized spacial score (nSPS) is 15.7. The first-order chi connectivity index (χ1) is 8.88. The molecule has 1 aromatic rings. The van der Waals surface area contributed by atoms with Gasteiger partial charge in [0.25, 0.3) is 5.91 Å². The van der Waals surface area contributed by atoms with Gasteiger partial charge >= 0.3 is 5.97 Å². The Kier molecular flexibility index (Phi) is 3.99. The fourth-order valence-corrected chi connectivity index (χ4v) is 2.76. The van der Waals surface area contributed by atoms with Crippen molar-refractivity contribution in [3.63, 3.8) is 0 Å². The molecule has 1 N–H and O–H groups in total. The van der Waals surface area contributed by atoms with Gasteiger partial charge in [0.05, 0.1) is 6.42 Å². The Balaban J connectivity index is 2.04. The van der Waals surface area contributed by atoms with Crippen molar-refractivity contribution in [1.29, 1.82) is 0 Å². The number of hydrogen-bond donors (Lipinski definition) is 1. The van der Waals surface area contributed by atoms with Crippen molar-refractivity contribution in [2.24, 2.45) is 5.92 Å². The van der Waals surface area contributed by atoms with Gasteiger partial charge in [-0.2, -0.15) is 0 Å². The number of carbonyl (C=O) groups excluding carboxylic acids is 1. The molecule has 0 atom stereocenters. The van der Waals surface area contributed by atoms with Crippen LogP contribution >= 0.6 is 15.9 Å². The van der Waals surface area contributed by atoms with Gasteiger partial charge in [-0.3, -0.25) is 9.59 Å². The van der Waals surface area contributed by atoms with E-state index in [2.05, 4.69) is 15.9 Å². The van der Waals surface area contributed by atoms with Gasteiger partial charge in [-0.1, -0.05) is 0 Å². The predicted molar refractivity (Wildman–Crippen MR) is 74.2 cm³/mol. The van der Waals surface area contributed by atoms with E-state index < -0.39 is 5.97 Å². The van der Waals surface area contributed by atoms with Crippen molar-refractivity contribution in [2.45, 2.75) is 26.3 Å². The van der Waals surface area contributed by atoms with E-state index in [1.54, 1.807) is 4.90 Å². The van der Waals surface area contributed by atoms with Crippen LogP contribution in [-0.4, -0.2) is 39.5 Å². The molecule has 1 amide bonds. The number of rotatable bonds is 4. The minimum Gasteiger partial charge on any atom is -0.481 e. The van der Waals surface area contributed by atoms with Gasteiger partial charge in [0, 0.05) is 35.7 Å². The highest BCUT2D eigenvalue weighted by Gasteiger charge is 2.33. The molecule has 1 fully saturated rings. The van der Waals surface area contributed by atoms with Gasteiger partial charge in [0.15, 0.2) is 0 Å². The molecule has 0 radical (unpaired) electrons. The predicted octanol–water partition coefficient (Wildman–Crippen LogP) is 2.38. The van der Waals surface area contributed by atoms with Crippen LogP contribution in [0.15, 0.2) is 16.7 Å². The van der Waals surface area contributed by atoms with E-state index in [9.17, 15) is 9.59 Å². The summed E-state index contributed by atoms with van der Waals surface area (Å²) in [4.78, 5) is 24.6. The van der Waals surface area contributed by atoms with Gasteiger partial charge in [-0.05, 0) is 35.8 Å². The quantitative estimate of drug-likeness (QED) is 0.922. The number of likely N-dealkylation sites (tertiary alicyclic amines) is 1. The van der Waals surface area contributed by atoms with Crippen LogP contribution in [0.2, 0.25) is 0 Å². The van der Waals surface area contributed by atoms with Crippen molar-refractivity contribution in [3.05, 3.63) is 22.4 Å². The monoisotopic (exact) mass is 328 g/mol. The zero-order valence-corrected chi connectivity index (χ0v) is 12.6.